The van der Waals surface area contributed by atoms with Gasteiger partial charge in [0.2, 0.25) is 0 Å². The number of hydrogen-bond donors (Lipinski definition) is 0. The Hall–Kier alpha value is 0.335. The molecule has 0 radical (unpaired) electrons. The molecular formula is C21H41BO2S. The Morgan fingerprint density at radius 2 is 1.52 bits per heavy atom. The molecule has 0 bridgehead atoms. The molecule has 0 spiro atoms. The quantitative estimate of drug-likeness (QED) is 0.314. The fourth-order valence-electron chi connectivity index (χ4n) is 4.20. The summed E-state index contributed by atoms with van der Waals surface area (Å²) < 4.78 is 12.9. The first-order chi connectivity index (χ1) is 11.9. The van der Waals surface area contributed by atoms with Crippen LogP contribution < -0.4 is 0 Å². The molecule has 146 valence electrons. The average molecular weight is 368 g/mol. The molecule has 25 heavy (non-hydrogen) atoms. The smallest absolute Gasteiger partial charge is 0.403 e. The van der Waals surface area contributed by atoms with Crippen LogP contribution in [-0.2, 0) is 9.31 Å². The molecule has 1 atom stereocenters. The summed E-state index contributed by atoms with van der Waals surface area (Å²) >= 11 is 2.14. The van der Waals surface area contributed by atoms with E-state index in [1.54, 1.807) is 0 Å². The van der Waals surface area contributed by atoms with Crippen molar-refractivity contribution in [2.45, 2.75) is 116 Å². The summed E-state index contributed by atoms with van der Waals surface area (Å²) in [6.07, 6.45) is 13.6. The minimum Gasteiger partial charge on any atom is -0.403 e. The third-order valence-corrected chi connectivity index (χ3v) is 7.75. The molecule has 1 aliphatic carbocycles. The van der Waals surface area contributed by atoms with Gasteiger partial charge in [-0.25, -0.2) is 0 Å². The fraction of sp³-hybridized carbons (Fsp3) is 1.00. The summed E-state index contributed by atoms with van der Waals surface area (Å²) in [5.41, 5.74) is -0.390. The van der Waals surface area contributed by atoms with Crippen molar-refractivity contribution in [3.05, 3.63) is 0 Å². The van der Waals surface area contributed by atoms with Gasteiger partial charge in [-0.3, -0.25) is 0 Å². The van der Waals surface area contributed by atoms with Gasteiger partial charge in [0.1, 0.15) is 0 Å². The molecule has 1 saturated heterocycles. The molecule has 0 aromatic carbocycles. The van der Waals surface area contributed by atoms with E-state index in [0.29, 0.717) is 5.82 Å². The van der Waals surface area contributed by atoms with E-state index in [4.69, 9.17) is 9.31 Å². The molecule has 0 aromatic rings. The molecule has 1 aliphatic heterocycles. The van der Waals surface area contributed by atoms with Crippen molar-refractivity contribution in [1.82, 2.24) is 0 Å². The Morgan fingerprint density at radius 1 is 0.920 bits per heavy atom. The van der Waals surface area contributed by atoms with Gasteiger partial charge in [-0.1, -0.05) is 58.3 Å². The first-order valence-corrected chi connectivity index (χ1v) is 12.0. The highest BCUT2D eigenvalue weighted by Gasteiger charge is 2.54. The predicted molar refractivity (Wildman–Crippen MR) is 112 cm³/mol. The van der Waals surface area contributed by atoms with E-state index in [1.165, 1.54) is 75.7 Å². The Bertz CT molecular complexity index is 364. The minimum absolute atomic E-state index is 0.00167. The Labute approximate surface area is 161 Å². The van der Waals surface area contributed by atoms with Crippen LogP contribution in [0.3, 0.4) is 0 Å². The highest BCUT2D eigenvalue weighted by Crippen LogP contribution is 2.46. The fourth-order valence-corrected chi connectivity index (χ4v) is 5.18. The van der Waals surface area contributed by atoms with E-state index in [2.05, 4.69) is 46.4 Å². The summed E-state index contributed by atoms with van der Waals surface area (Å²) in [5, 5.41) is 0. The molecule has 1 unspecified atom stereocenters. The van der Waals surface area contributed by atoms with Crippen LogP contribution in [0.2, 0.25) is 5.82 Å². The molecule has 0 aromatic heterocycles. The lowest BCUT2D eigenvalue weighted by molar-refractivity contribution is 0.00578. The highest BCUT2D eigenvalue weighted by molar-refractivity contribution is 7.99. The summed E-state index contributed by atoms with van der Waals surface area (Å²) in [5.74, 6) is 4.01. The second-order valence-corrected chi connectivity index (χ2v) is 10.4. The van der Waals surface area contributed by atoms with E-state index in [9.17, 15) is 0 Å². The zero-order valence-electron chi connectivity index (χ0n) is 17.4. The number of hydrogen-bond acceptors (Lipinski definition) is 3. The van der Waals surface area contributed by atoms with Gasteiger partial charge in [0, 0.05) is 0 Å². The van der Waals surface area contributed by atoms with Crippen molar-refractivity contribution in [1.29, 1.82) is 0 Å². The van der Waals surface area contributed by atoms with Gasteiger partial charge in [-0.15, -0.1) is 0 Å². The zero-order valence-corrected chi connectivity index (χ0v) is 18.3. The molecule has 4 heteroatoms. The molecule has 1 saturated carbocycles. The van der Waals surface area contributed by atoms with E-state index in [-0.39, 0.29) is 18.3 Å². The summed E-state index contributed by atoms with van der Waals surface area (Å²) in [6, 6.07) is 0. The third kappa shape index (κ3) is 6.18. The molecule has 1 heterocycles. The Kier molecular flexibility index (Phi) is 8.69. The molecular weight excluding hydrogens is 327 g/mol. The largest absolute Gasteiger partial charge is 0.461 e. The van der Waals surface area contributed by atoms with Crippen molar-refractivity contribution in [2.75, 3.05) is 11.5 Å². The molecule has 2 aliphatic rings. The van der Waals surface area contributed by atoms with Crippen LogP contribution in [0.25, 0.3) is 0 Å². The average Bonchev–Trinajstić information content (AvgIpc) is 2.78. The second kappa shape index (κ2) is 10.0. The molecule has 2 nitrogen and oxygen atoms in total. The van der Waals surface area contributed by atoms with Crippen LogP contribution >= 0.6 is 11.8 Å². The molecule has 2 fully saturated rings. The van der Waals surface area contributed by atoms with Crippen molar-refractivity contribution < 1.29 is 9.31 Å². The molecule has 0 amide bonds. The standard InChI is InChI=1S/C21H41BO2S/c1-6-7-11-16-25-17-12-15-19(18-13-9-8-10-14-18)22-23-20(2,3)21(4,5)24-22/h18-19H,6-17H2,1-5H3. The van der Waals surface area contributed by atoms with Crippen molar-refractivity contribution >= 4 is 18.9 Å². The van der Waals surface area contributed by atoms with Gasteiger partial charge >= 0.3 is 7.12 Å². The lowest BCUT2D eigenvalue weighted by atomic mass is 9.59. The van der Waals surface area contributed by atoms with Crippen LogP contribution in [0.1, 0.15) is 98.8 Å². The van der Waals surface area contributed by atoms with E-state index in [1.807, 2.05) is 0 Å². The van der Waals surface area contributed by atoms with Crippen LogP contribution in [0.4, 0.5) is 0 Å². The van der Waals surface area contributed by atoms with E-state index in [0.717, 1.165) is 5.92 Å². The van der Waals surface area contributed by atoms with Gasteiger partial charge in [0.25, 0.3) is 0 Å². The lowest BCUT2D eigenvalue weighted by Gasteiger charge is -2.32. The molecule has 0 N–H and O–H groups in total. The van der Waals surface area contributed by atoms with Crippen LogP contribution in [0.5, 0.6) is 0 Å². The van der Waals surface area contributed by atoms with Crippen molar-refractivity contribution in [3.63, 3.8) is 0 Å². The number of unbranched alkanes of at least 4 members (excludes halogenated alkanes) is 2. The van der Waals surface area contributed by atoms with Gasteiger partial charge in [0.05, 0.1) is 11.2 Å². The first-order valence-electron chi connectivity index (χ1n) is 10.8. The topological polar surface area (TPSA) is 18.5 Å². The summed E-state index contributed by atoms with van der Waals surface area (Å²) in [6.45, 7) is 11.0. The van der Waals surface area contributed by atoms with Gasteiger partial charge in [-0.05, 0) is 63.8 Å². The Balaban J connectivity index is 1.86. The van der Waals surface area contributed by atoms with Crippen molar-refractivity contribution in [2.24, 2.45) is 5.92 Å². The van der Waals surface area contributed by atoms with E-state index < -0.39 is 0 Å². The minimum atomic E-state index is -0.195. The maximum Gasteiger partial charge on any atom is 0.461 e. The highest BCUT2D eigenvalue weighted by atomic mass is 32.2. The summed E-state index contributed by atoms with van der Waals surface area (Å²) in [4.78, 5) is 0. The van der Waals surface area contributed by atoms with Crippen molar-refractivity contribution in [3.8, 4) is 0 Å². The maximum absolute atomic E-state index is 6.46. The predicted octanol–water partition coefficient (Wildman–Crippen LogP) is 6.73. The number of thioether (sulfide) groups is 1. The third-order valence-electron chi connectivity index (χ3n) is 6.59. The Morgan fingerprint density at radius 3 is 2.12 bits per heavy atom. The van der Waals surface area contributed by atoms with Crippen LogP contribution in [0, 0.1) is 5.92 Å². The zero-order chi connectivity index (χ0) is 18.3. The van der Waals surface area contributed by atoms with Gasteiger partial charge in [-0.2, -0.15) is 11.8 Å². The summed E-state index contributed by atoms with van der Waals surface area (Å²) in [7, 11) is -0.00167. The maximum atomic E-state index is 6.46. The second-order valence-electron chi connectivity index (χ2n) is 9.15. The van der Waals surface area contributed by atoms with Crippen LogP contribution in [-0.4, -0.2) is 29.8 Å². The normalized spacial score (nSPS) is 24.6. The number of rotatable bonds is 10. The van der Waals surface area contributed by atoms with Crippen LogP contribution in [0.15, 0.2) is 0 Å². The van der Waals surface area contributed by atoms with E-state index >= 15 is 0 Å². The SMILES string of the molecule is CCCCCSCCCC(B1OC(C)(C)C(C)(C)O1)C1CCCCC1. The lowest BCUT2D eigenvalue weighted by Crippen LogP contribution is -2.41. The molecule has 2 rings (SSSR count). The first kappa shape index (κ1) is 21.6. The monoisotopic (exact) mass is 368 g/mol. The van der Waals surface area contributed by atoms with Gasteiger partial charge in [0.15, 0.2) is 0 Å². The van der Waals surface area contributed by atoms with Gasteiger partial charge < -0.3 is 9.31 Å².